The minimum Gasteiger partial charge on any atom is -0.507 e. The minimum atomic E-state index is -2.33. The molecule has 0 saturated heterocycles. The van der Waals surface area contributed by atoms with Crippen LogP contribution in [-0.2, 0) is 11.4 Å². The van der Waals surface area contributed by atoms with Crippen LogP contribution in [0.1, 0.15) is 27.0 Å². The van der Waals surface area contributed by atoms with Gasteiger partial charge < -0.3 is 20.1 Å². The lowest BCUT2D eigenvalue weighted by atomic mass is 9.86. The Hall–Kier alpha value is -2.37. The predicted octanol–water partition coefficient (Wildman–Crippen LogP) is 1.32. The van der Waals surface area contributed by atoms with Crippen molar-refractivity contribution in [3.8, 4) is 11.5 Å². The van der Waals surface area contributed by atoms with E-state index in [0.29, 0.717) is 5.56 Å². The fourth-order valence-electron chi connectivity index (χ4n) is 3.27. The van der Waals surface area contributed by atoms with Crippen LogP contribution in [0.15, 0.2) is 36.4 Å². The van der Waals surface area contributed by atoms with E-state index in [4.69, 9.17) is 4.74 Å². The van der Waals surface area contributed by atoms with Crippen molar-refractivity contribution in [3.05, 3.63) is 58.7 Å². The van der Waals surface area contributed by atoms with Crippen LogP contribution in [0.4, 0.5) is 0 Å². The second kappa shape index (κ2) is 3.44. The number of phenols is 1. The molecule has 2 aromatic rings. The van der Waals surface area contributed by atoms with Crippen LogP contribution < -0.4 is 4.74 Å². The molecular formula is C16H12O5. The molecule has 0 bridgehead atoms. The number of benzene rings is 2. The van der Waals surface area contributed by atoms with E-state index in [-0.39, 0.29) is 28.2 Å². The van der Waals surface area contributed by atoms with E-state index >= 15 is 0 Å². The molecule has 5 heteroatoms. The number of Topliss-reactive ketones (excluding diaryl/α,β-unsaturated/α-hetero) is 1. The van der Waals surface area contributed by atoms with E-state index in [2.05, 4.69) is 0 Å². The summed E-state index contributed by atoms with van der Waals surface area (Å²) in [5, 5.41) is 31.9. The number of carbonyl (C=O) groups is 1. The van der Waals surface area contributed by atoms with Crippen molar-refractivity contribution < 1.29 is 24.9 Å². The quantitative estimate of drug-likeness (QED) is 0.679. The monoisotopic (exact) mass is 284 g/mol. The zero-order chi connectivity index (χ0) is 15.0. The van der Waals surface area contributed by atoms with Gasteiger partial charge in [-0.1, -0.05) is 24.3 Å². The number of fused-ring (bicyclic) bond motifs is 5. The number of phenolic OH excluding ortho intramolecular Hbond substituents is 1. The summed E-state index contributed by atoms with van der Waals surface area (Å²) in [5.74, 6) is -3.06. The SMILES string of the molecule is Cc1cc(O)c2c(c1)OC1(O)c3ccccc3C(=O)C21O. The molecular weight excluding hydrogens is 272 g/mol. The van der Waals surface area contributed by atoms with Crippen LogP contribution in [0.3, 0.4) is 0 Å². The molecule has 2 aromatic carbocycles. The Bertz CT molecular complexity index is 812. The topological polar surface area (TPSA) is 87.0 Å². The van der Waals surface area contributed by atoms with Crippen molar-refractivity contribution in [2.45, 2.75) is 18.3 Å². The molecule has 0 amide bonds. The van der Waals surface area contributed by atoms with E-state index in [1.54, 1.807) is 25.1 Å². The van der Waals surface area contributed by atoms with Crippen LogP contribution in [0, 0.1) is 6.92 Å². The van der Waals surface area contributed by atoms with Gasteiger partial charge in [0.2, 0.25) is 11.4 Å². The molecule has 1 aliphatic heterocycles. The van der Waals surface area contributed by atoms with E-state index in [0.717, 1.165) is 0 Å². The van der Waals surface area contributed by atoms with Gasteiger partial charge in [0.1, 0.15) is 11.5 Å². The molecule has 0 fully saturated rings. The Morgan fingerprint density at radius 2 is 1.86 bits per heavy atom. The number of rotatable bonds is 0. The molecule has 2 unspecified atom stereocenters. The second-order valence-electron chi connectivity index (χ2n) is 5.49. The second-order valence-corrected chi connectivity index (χ2v) is 5.49. The molecule has 21 heavy (non-hydrogen) atoms. The molecule has 2 aliphatic rings. The molecule has 106 valence electrons. The number of ether oxygens (including phenoxy) is 1. The summed E-state index contributed by atoms with van der Waals surface area (Å²) in [7, 11) is 0. The molecule has 0 spiro atoms. The number of aryl methyl sites for hydroxylation is 1. The molecule has 0 saturated carbocycles. The summed E-state index contributed by atoms with van der Waals surface area (Å²) < 4.78 is 5.50. The highest BCUT2D eigenvalue weighted by Gasteiger charge is 2.71. The summed E-state index contributed by atoms with van der Waals surface area (Å²) in [6.45, 7) is 1.74. The first kappa shape index (κ1) is 12.4. The third-order valence-electron chi connectivity index (χ3n) is 4.20. The number of ketones is 1. The van der Waals surface area contributed by atoms with Crippen molar-refractivity contribution in [3.63, 3.8) is 0 Å². The van der Waals surface area contributed by atoms with Gasteiger partial charge in [0, 0.05) is 11.1 Å². The van der Waals surface area contributed by atoms with Crippen LogP contribution in [-0.4, -0.2) is 21.1 Å². The van der Waals surface area contributed by atoms with Crippen molar-refractivity contribution >= 4 is 5.78 Å². The van der Waals surface area contributed by atoms with E-state index in [9.17, 15) is 20.1 Å². The maximum atomic E-state index is 12.6. The average molecular weight is 284 g/mol. The smallest absolute Gasteiger partial charge is 0.277 e. The molecule has 0 aromatic heterocycles. The van der Waals surface area contributed by atoms with Gasteiger partial charge >= 0.3 is 0 Å². The van der Waals surface area contributed by atoms with Gasteiger partial charge in [-0.2, -0.15) is 0 Å². The van der Waals surface area contributed by atoms with Gasteiger partial charge in [0.05, 0.1) is 5.56 Å². The normalized spacial score (nSPS) is 28.8. The zero-order valence-electron chi connectivity index (χ0n) is 11.1. The fraction of sp³-hybridized carbons (Fsp3) is 0.188. The maximum absolute atomic E-state index is 12.6. The largest absolute Gasteiger partial charge is 0.507 e. The van der Waals surface area contributed by atoms with Gasteiger partial charge in [0.25, 0.3) is 5.79 Å². The molecule has 3 N–H and O–H groups in total. The standard InChI is InChI=1S/C16H12O5/c1-8-6-11(17)13-12(7-8)21-16(20)10-5-3-2-4-9(10)14(18)15(13,16)19/h2-7,17,19-20H,1H3. The highest BCUT2D eigenvalue weighted by atomic mass is 16.7. The van der Waals surface area contributed by atoms with Gasteiger partial charge in [-0.15, -0.1) is 0 Å². The summed E-state index contributed by atoms with van der Waals surface area (Å²) in [5.41, 5.74) is -1.33. The lowest BCUT2D eigenvalue weighted by Gasteiger charge is -2.28. The first-order valence-electron chi connectivity index (χ1n) is 6.52. The molecule has 0 radical (unpaired) electrons. The Morgan fingerprint density at radius 3 is 2.62 bits per heavy atom. The minimum absolute atomic E-state index is 0.0863. The Kier molecular flexibility index (Phi) is 2.03. The first-order valence-corrected chi connectivity index (χ1v) is 6.52. The third kappa shape index (κ3) is 1.17. The fourth-order valence-corrected chi connectivity index (χ4v) is 3.27. The van der Waals surface area contributed by atoms with Gasteiger partial charge in [-0.05, 0) is 24.6 Å². The van der Waals surface area contributed by atoms with E-state index < -0.39 is 17.2 Å². The summed E-state index contributed by atoms with van der Waals surface area (Å²) >= 11 is 0. The Morgan fingerprint density at radius 1 is 1.14 bits per heavy atom. The van der Waals surface area contributed by atoms with Crippen molar-refractivity contribution in [2.24, 2.45) is 0 Å². The lowest BCUT2D eigenvalue weighted by Crippen LogP contribution is -2.48. The molecule has 1 heterocycles. The first-order chi connectivity index (χ1) is 9.89. The third-order valence-corrected chi connectivity index (χ3v) is 4.20. The van der Waals surface area contributed by atoms with Gasteiger partial charge in [-0.25, -0.2) is 0 Å². The number of carbonyl (C=O) groups excluding carboxylic acids is 1. The highest BCUT2D eigenvalue weighted by Crippen LogP contribution is 2.60. The van der Waals surface area contributed by atoms with E-state index in [1.165, 1.54) is 18.2 Å². The lowest BCUT2D eigenvalue weighted by molar-refractivity contribution is -0.224. The van der Waals surface area contributed by atoms with Gasteiger partial charge in [-0.3, -0.25) is 4.79 Å². The Labute approximate surface area is 120 Å². The molecule has 2 atom stereocenters. The Balaban J connectivity index is 2.08. The van der Waals surface area contributed by atoms with Crippen LogP contribution in [0.2, 0.25) is 0 Å². The summed E-state index contributed by atoms with van der Waals surface area (Å²) in [6, 6.07) is 9.32. The van der Waals surface area contributed by atoms with Crippen LogP contribution in [0.5, 0.6) is 11.5 Å². The van der Waals surface area contributed by atoms with Crippen molar-refractivity contribution in [2.75, 3.05) is 0 Å². The van der Waals surface area contributed by atoms with E-state index in [1.807, 2.05) is 0 Å². The number of aliphatic hydroxyl groups is 2. The number of hydrogen-bond acceptors (Lipinski definition) is 5. The summed E-state index contributed by atoms with van der Waals surface area (Å²) in [6.07, 6.45) is 0. The molecule has 4 rings (SSSR count). The van der Waals surface area contributed by atoms with Crippen molar-refractivity contribution in [1.29, 1.82) is 0 Å². The summed E-state index contributed by atoms with van der Waals surface area (Å²) in [4.78, 5) is 12.6. The number of aromatic hydroxyl groups is 1. The number of hydrogen-bond donors (Lipinski definition) is 3. The molecule has 5 nitrogen and oxygen atoms in total. The highest BCUT2D eigenvalue weighted by molar-refractivity contribution is 6.10. The maximum Gasteiger partial charge on any atom is 0.277 e. The molecule has 1 aliphatic carbocycles. The van der Waals surface area contributed by atoms with Gasteiger partial charge in [0.15, 0.2) is 0 Å². The van der Waals surface area contributed by atoms with Crippen LogP contribution in [0.25, 0.3) is 0 Å². The predicted molar refractivity (Wildman–Crippen MR) is 72.0 cm³/mol. The average Bonchev–Trinajstić information content (AvgIpc) is 2.75. The van der Waals surface area contributed by atoms with Crippen LogP contribution >= 0.6 is 0 Å². The van der Waals surface area contributed by atoms with Crippen molar-refractivity contribution in [1.82, 2.24) is 0 Å². The zero-order valence-corrected chi connectivity index (χ0v) is 11.1.